The van der Waals surface area contributed by atoms with Gasteiger partial charge in [-0.3, -0.25) is 0 Å². The van der Waals surface area contributed by atoms with E-state index in [9.17, 15) is 0 Å². The molecular weight excluding hydrogens is 865 g/mol. The lowest BCUT2D eigenvalue weighted by molar-refractivity contribution is 0.669. The molecule has 0 unspecified atom stereocenters. The molecule has 4 heteroatoms. The normalized spacial score (nSPS) is 12.0. The van der Waals surface area contributed by atoms with Crippen molar-refractivity contribution in [3.63, 3.8) is 0 Å². The van der Waals surface area contributed by atoms with Gasteiger partial charge in [0.2, 0.25) is 0 Å². The molecule has 14 rings (SSSR count). The van der Waals surface area contributed by atoms with Crippen LogP contribution in [0.3, 0.4) is 0 Å². The van der Waals surface area contributed by atoms with Gasteiger partial charge in [-0.1, -0.05) is 206 Å². The molecule has 0 aliphatic heterocycles. The Hall–Kier alpha value is -8.96. The third kappa shape index (κ3) is 6.13. The van der Waals surface area contributed by atoms with Gasteiger partial charge in [-0.05, 0) is 98.1 Å². The van der Waals surface area contributed by atoms with Crippen LogP contribution in [0, 0.1) is 0 Å². The molecule has 14 aromatic rings. The number of para-hydroxylation sites is 4. The molecular formula is C66H44N2OSi. The largest absolute Gasteiger partial charge is 0.456 e. The number of fused-ring (bicyclic) bond motifs is 9. The van der Waals surface area contributed by atoms with Crippen molar-refractivity contribution in [2.45, 2.75) is 0 Å². The maximum atomic E-state index is 6.30. The summed E-state index contributed by atoms with van der Waals surface area (Å²) in [6, 6.07) is 98.5. The molecule has 11 aromatic carbocycles. The first-order valence-corrected chi connectivity index (χ1v) is 26.1. The van der Waals surface area contributed by atoms with Crippen molar-refractivity contribution in [1.29, 1.82) is 0 Å². The maximum absolute atomic E-state index is 6.30. The van der Waals surface area contributed by atoms with Crippen molar-refractivity contribution in [2.75, 3.05) is 0 Å². The van der Waals surface area contributed by atoms with Crippen LogP contribution in [-0.4, -0.2) is 17.2 Å². The lowest BCUT2D eigenvalue weighted by atomic mass is 10.00. The molecule has 0 spiro atoms. The standard InChI is InChI=1S/C66H44N2OSi/c1-4-19-45(20-5-1)46-21-16-27-52(41-46)70(50-23-6-2-7-24-50,51-25-8-3-9-26-51)53-28-17-22-48(43-53)67-61-34-13-11-30-56(61)59-42-47(37-39-63(59)67)54-32-18-33-58-55-29-10-14-35-62(55)68(66(54)58)49-38-40-65-60(44-49)57-31-12-15-36-64(57)69-65/h1-44H. The zero-order valence-electron chi connectivity index (χ0n) is 38.2. The van der Waals surface area contributed by atoms with Gasteiger partial charge >= 0.3 is 0 Å². The smallest absolute Gasteiger partial charge is 0.179 e. The van der Waals surface area contributed by atoms with Crippen LogP contribution >= 0.6 is 0 Å². The van der Waals surface area contributed by atoms with Crippen LogP contribution in [0.1, 0.15) is 0 Å². The third-order valence-electron chi connectivity index (χ3n) is 14.7. The number of furan rings is 1. The van der Waals surface area contributed by atoms with Crippen molar-refractivity contribution < 1.29 is 4.42 Å². The van der Waals surface area contributed by atoms with Gasteiger partial charge in [0.1, 0.15) is 11.2 Å². The minimum atomic E-state index is -2.92. The van der Waals surface area contributed by atoms with Crippen LogP contribution in [-0.2, 0) is 0 Å². The van der Waals surface area contributed by atoms with Gasteiger partial charge < -0.3 is 13.6 Å². The Balaban J connectivity index is 0.977. The quantitative estimate of drug-likeness (QED) is 0.110. The van der Waals surface area contributed by atoms with Gasteiger partial charge in [0.15, 0.2) is 8.07 Å². The summed E-state index contributed by atoms with van der Waals surface area (Å²) in [6.45, 7) is 0. The summed E-state index contributed by atoms with van der Waals surface area (Å²) in [5.74, 6) is 0. The first-order valence-electron chi connectivity index (χ1n) is 24.1. The number of hydrogen-bond acceptors (Lipinski definition) is 1. The molecule has 0 radical (unpaired) electrons. The molecule has 0 N–H and O–H groups in total. The first-order chi connectivity index (χ1) is 34.7. The van der Waals surface area contributed by atoms with Gasteiger partial charge in [-0.2, -0.15) is 0 Å². The second kappa shape index (κ2) is 16.1. The molecule has 328 valence electrons. The predicted molar refractivity (Wildman–Crippen MR) is 297 cm³/mol. The van der Waals surface area contributed by atoms with E-state index in [1.165, 1.54) is 86.6 Å². The fourth-order valence-electron chi connectivity index (χ4n) is 11.6. The molecule has 3 heterocycles. The zero-order chi connectivity index (χ0) is 46.2. The van der Waals surface area contributed by atoms with Crippen LogP contribution in [0.5, 0.6) is 0 Å². The lowest BCUT2D eigenvalue weighted by Gasteiger charge is -2.35. The Bertz CT molecular complexity index is 4260. The van der Waals surface area contributed by atoms with E-state index in [1.807, 2.05) is 12.1 Å². The topological polar surface area (TPSA) is 23.0 Å². The van der Waals surface area contributed by atoms with Crippen LogP contribution in [0.2, 0.25) is 0 Å². The number of hydrogen-bond donors (Lipinski definition) is 0. The van der Waals surface area contributed by atoms with Crippen molar-refractivity contribution in [3.05, 3.63) is 267 Å². The number of benzene rings is 11. The summed E-state index contributed by atoms with van der Waals surface area (Å²) in [6.07, 6.45) is 0. The molecule has 3 nitrogen and oxygen atoms in total. The van der Waals surface area contributed by atoms with Gasteiger partial charge in [0.25, 0.3) is 0 Å². The van der Waals surface area contributed by atoms with E-state index in [1.54, 1.807) is 0 Å². The van der Waals surface area contributed by atoms with Crippen molar-refractivity contribution >= 4 is 94.4 Å². The third-order valence-corrected chi connectivity index (χ3v) is 19.4. The minimum Gasteiger partial charge on any atom is -0.456 e. The minimum absolute atomic E-state index is 0.892. The summed E-state index contributed by atoms with van der Waals surface area (Å²) in [5.41, 5.74) is 13.5. The number of aromatic nitrogens is 2. The van der Waals surface area contributed by atoms with Gasteiger partial charge in [-0.25, -0.2) is 0 Å². The monoisotopic (exact) mass is 908 g/mol. The van der Waals surface area contributed by atoms with Gasteiger partial charge in [-0.15, -0.1) is 0 Å². The average molecular weight is 909 g/mol. The summed E-state index contributed by atoms with van der Waals surface area (Å²) in [5, 5.41) is 12.5. The van der Waals surface area contributed by atoms with Crippen LogP contribution < -0.4 is 20.7 Å². The van der Waals surface area contributed by atoms with Crippen LogP contribution in [0.4, 0.5) is 0 Å². The second-order valence-electron chi connectivity index (χ2n) is 18.4. The molecule has 3 aromatic heterocycles. The van der Waals surface area contributed by atoms with E-state index in [0.29, 0.717) is 0 Å². The molecule has 0 atom stereocenters. The predicted octanol–water partition coefficient (Wildman–Crippen LogP) is 14.5. The molecule has 0 saturated carbocycles. The summed E-state index contributed by atoms with van der Waals surface area (Å²) < 4.78 is 11.2. The Labute approximate surface area is 406 Å². The van der Waals surface area contributed by atoms with Crippen LogP contribution in [0.15, 0.2) is 271 Å². The van der Waals surface area contributed by atoms with E-state index in [-0.39, 0.29) is 0 Å². The van der Waals surface area contributed by atoms with E-state index in [4.69, 9.17) is 4.42 Å². The number of rotatable bonds is 8. The second-order valence-corrected chi connectivity index (χ2v) is 22.2. The summed E-state index contributed by atoms with van der Waals surface area (Å²) in [4.78, 5) is 0. The molecule has 0 aliphatic rings. The van der Waals surface area contributed by atoms with E-state index >= 15 is 0 Å². The van der Waals surface area contributed by atoms with Crippen molar-refractivity contribution in [2.24, 2.45) is 0 Å². The van der Waals surface area contributed by atoms with E-state index in [0.717, 1.165) is 33.3 Å². The first kappa shape index (κ1) is 40.1. The maximum Gasteiger partial charge on any atom is 0.179 e. The molecule has 0 fully saturated rings. The highest BCUT2D eigenvalue weighted by molar-refractivity contribution is 7.20. The summed E-state index contributed by atoms with van der Waals surface area (Å²) in [7, 11) is -2.92. The average Bonchev–Trinajstić information content (AvgIpc) is 4.10. The Morgan fingerprint density at radius 2 is 0.800 bits per heavy atom. The Kier molecular flexibility index (Phi) is 9.23. The molecule has 0 amide bonds. The van der Waals surface area contributed by atoms with E-state index < -0.39 is 8.07 Å². The fraction of sp³-hybridized carbons (Fsp3) is 0. The Morgan fingerprint density at radius 1 is 0.271 bits per heavy atom. The lowest BCUT2D eigenvalue weighted by Crippen LogP contribution is -2.74. The van der Waals surface area contributed by atoms with Gasteiger partial charge in [0.05, 0.1) is 22.1 Å². The SMILES string of the molecule is c1ccc(-c2cccc([Si](c3ccccc3)(c3ccccc3)c3cccc(-n4c5ccccc5c5cc(-c6cccc7c8ccccc8n(-c8ccc9oc%10ccccc%10c9c8)c67)ccc54)c3)c2)cc1. The van der Waals surface area contributed by atoms with Gasteiger partial charge in [0, 0.05) is 49.3 Å². The highest BCUT2D eigenvalue weighted by Crippen LogP contribution is 2.42. The fourth-order valence-corrected chi connectivity index (χ4v) is 16.4. The van der Waals surface area contributed by atoms with Crippen molar-refractivity contribution in [1.82, 2.24) is 9.13 Å². The van der Waals surface area contributed by atoms with Crippen molar-refractivity contribution in [3.8, 4) is 33.6 Å². The van der Waals surface area contributed by atoms with Crippen LogP contribution in [0.25, 0.3) is 99.2 Å². The highest BCUT2D eigenvalue weighted by Gasteiger charge is 2.42. The molecule has 70 heavy (non-hydrogen) atoms. The van der Waals surface area contributed by atoms with E-state index in [2.05, 4.69) is 264 Å². The number of nitrogens with zero attached hydrogens (tertiary/aromatic N) is 2. The molecule has 0 saturated heterocycles. The Morgan fingerprint density at radius 3 is 1.56 bits per heavy atom. The molecule has 0 aliphatic carbocycles. The summed E-state index contributed by atoms with van der Waals surface area (Å²) >= 11 is 0. The molecule has 0 bridgehead atoms. The highest BCUT2D eigenvalue weighted by atomic mass is 28.3. The zero-order valence-corrected chi connectivity index (χ0v) is 39.2.